The number of rotatable bonds is 1. The highest BCUT2D eigenvalue weighted by molar-refractivity contribution is 9.10. The van der Waals surface area contributed by atoms with E-state index in [1.165, 1.54) is 6.07 Å². The number of nitrogens with two attached hydrogens (primary N) is 1. The quantitative estimate of drug-likeness (QED) is 0.789. The average Bonchev–Trinajstić information content (AvgIpc) is 2.07. The van der Waals surface area contributed by atoms with E-state index in [1.54, 1.807) is 0 Å². The zero-order valence-corrected chi connectivity index (χ0v) is 9.59. The second kappa shape index (κ2) is 5.14. The predicted octanol–water partition coefficient (Wildman–Crippen LogP) is 3.57. The molecule has 0 heterocycles. The van der Waals surface area contributed by atoms with E-state index in [9.17, 15) is 17.6 Å². The maximum atomic E-state index is 12.9. The summed E-state index contributed by atoms with van der Waals surface area (Å²) in [4.78, 5) is 0. The zero-order valence-electron chi connectivity index (χ0n) is 7.18. The van der Waals surface area contributed by atoms with Crippen LogP contribution in [-0.2, 0) is 0 Å². The lowest BCUT2D eigenvalue weighted by Crippen LogP contribution is -2.28. The van der Waals surface area contributed by atoms with E-state index in [0.717, 1.165) is 12.1 Å². The van der Waals surface area contributed by atoms with Gasteiger partial charge in [-0.15, -0.1) is 12.4 Å². The van der Waals surface area contributed by atoms with Gasteiger partial charge in [0.25, 0.3) is 0 Å². The molecule has 0 aliphatic carbocycles. The first kappa shape index (κ1) is 14.7. The van der Waals surface area contributed by atoms with Crippen molar-refractivity contribution in [2.45, 2.75) is 12.2 Å². The largest absolute Gasteiger partial charge is 0.407 e. The van der Waals surface area contributed by atoms with E-state index >= 15 is 0 Å². The maximum Gasteiger partial charge on any atom is 0.407 e. The molecule has 1 aromatic rings. The number of alkyl halides is 3. The third-order valence-electron chi connectivity index (χ3n) is 1.66. The Kier molecular flexibility index (Phi) is 5.02. The molecule has 0 radical (unpaired) electrons. The van der Waals surface area contributed by atoms with Crippen molar-refractivity contribution in [3.8, 4) is 0 Å². The lowest BCUT2D eigenvalue weighted by Gasteiger charge is -2.15. The molecule has 0 amide bonds. The van der Waals surface area contributed by atoms with Gasteiger partial charge in [-0.25, -0.2) is 4.39 Å². The molecule has 1 atom stereocenters. The second-order valence-corrected chi connectivity index (χ2v) is 3.55. The van der Waals surface area contributed by atoms with E-state index in [-0.39, 0.29) is 22.4 Å². The molecule has 0 saturated carbocycles. The summed E-state index contributed by atoms with van der Waals surface area (Å²) in [5, 5.41) is 0. The molecule has 7 heteroatoms. The minimum Gasteiger partial charge on any atom is -0.316 e. The molecular weight excluding hydrogens is 301 g/mol. The van der Waals surface area contributed by atoms with Crippen LogP contribution in [0.25, 0.3) is 0 Å². The first-order valence-corrected chi connectivity index (χ1v) is 4.39. The number of halogens is 6. The van der Waals surface area contributed by atoms with E-state index in [1.807, 2.05) is 0 Å². The molecule has 0 aliphatic heterocycles. The fraction of sp³-hybridized carbons (Fsp3) is 0.250. The minimum atomic E-state index is -4.56. The van der Waals surface area contributed by atoms with E-state index in [0.29, 0.717) is 0 Å². The summed E-state index contributed by atoms with van der Waals surface area (Å²) in [6, 6.07) is 0.939. The van der Waals surface area contributed by atoms with Crippen molar-refractivity contribution in [2.75, 3.05) is 0 Å². The molecule has 0 aromatic heterocycles. The Morgan fingerprint density at radius 3 is 2.20 bits per heavy atom. The third-order valence-corrected chi connectivity index (χ3v) is 2.30. The van der Waals surface area contributed by atoms with Gasteiger partial charge in [0.1, 0.15) is 11.9 Å². The zero-order chi connectivity index (χ0) is 10.9. The van der Waals surface area contributed by atoms with Gasteiger partial charge < -0.3 is 5.73 Å². The fourth-order valence-electron chi connectivity index (χ4n) is 0.895. The Morgan fingerprint density at radius 1 is 1.27 bits per heavy atom. The molecule has 0 unspecified atom stereocenters. The van der Waals surface area contributed by atoms with Crippen LogP contribution in [0.5, 0.6) is 0 Å². The van der Waals surface area contributed by atoms with Crippen molar-refractivity contribution >= 4 is 28.3 Å². The number of hydrogen-bond acceptors (Lipinski definition) is 1. The average molecular weight is 308 g/mol. The third kappa shape index (κ3) is 3.62. The molecule has 0 fully saturated rings. The summed E-state index contributed by atoms with van der Waals surface area (Å²) in [6.45, 7) is 0. The van der Waals surface area contributed by atoms with Crippen molar-refractivity contribution in [1.82, 2.24) is 0 Å². The molecule has 1 rings (SSSR count). The summed E-state index contributed by atoms with van der Waals surface area (Å²) in [7, 11) is 0. The summed E-state index contributed by atoms with van der Waals surface area (Å²) in [5.41, 5.74) is 4.59. The molecular formula is C8H7BrClF4N. The Hall–Kier alpha value is -0.330. The van der Waals surface area contributed by atoms with Crippen molar-refractivity contribution < 1.29 is 17.6 Å². The first-order chi connectivity index (χ1) is 6.32. The Bertz CT molecular complexity index is 342. The topological polar surface area (TPSA) is 26.0 Å². The van der Waals surface area contributed by atoms with Crippen LogP contribution in [0.1, 0.15) is 11.6 Å². The van der Waals surface area contributed by atoms with Gasteiger partial charge in [0.2, 0.25) is 0 Å². The molecule has 1 nitrogen and oxygen atoms in total. The highest BCUT2D eigenvalue weighted by Crippen LogP contribution is 2.31. The van der Waals surface area contributed by atoms with Crippen LogP contribution in [0.2, 0.25) is 0 Å². The number of benzene rings is 1. The Balaban J connectivity index is 0.00000196. The Morgan fingerprint density at radius 2 is 1.80 bits per heavy atom. The molecule has 2 N–H and O–H groups in total. The van der Waals surface area contributed by atoms with Crippen LogP contribution < -0.4 is 5.73 Å². The number of hydrogen-bond donors (Lipinski definition) is 1. The van der Waals surface area contributed by atoms with Crippen molar-refractivity contribution in [3.05, 3.63) is 34.1 Å². The monoisotopic (exact) mass is 307 g/mol. The van der Waals surface area contributed by atoms with Crippen LogP contribution >= 0.6 is 28.3 Å². The summed E-state index contributed by atoms with van der Waals surface area (Å²) in [5.74, 6) is -0.762. The minimum absolute atomic E-state index is 0. The molecule has 0 bridgehead atoms. The van der Waals surface area contributed by atoms with Gasteiger partial charge in [0.05, 0.1) is 4.47 Å². The second-order valence-electron chi connectivity index (χ2n) is 2.69. The van der Waals surface area contributed by atoms with E-state index < -0.39 is 18.0 Å². The van der Waals surface area contributed by atoms with E-state index in [2.05, 4.69) is 15.9 Å². The van der Waals surface area contributed by atoms with Crippen LogP contribution in [0.4, 0.5) is 17.6 Å². The normalized spacial score (nSPS) is 13.2. The smallest absolute Gasteiger partial charge is 0.316 e. The van der Waals surface area contributed by atoms with Crippen LogP contribution in [0, 0.1) is 5.82 Å². The molecule has 0 spiro atoms. The molecule has 15 heavy (non-hydrogen) atoms. The van der Waals surface area contributed by atoms with Gasteiger partial charge in [0, 0.05) is 0 Å². The molecule has 1 aromatic carbocycles. The highest BCUT2D eigenvalue weighted by atomic mass is 79.9. The standard InChI is InChI=1S/C8H6BrF4N.ClH/c9-5-2-1-4(3-6(5)10)7(14)8(11,12)13;/h1-3,7H,14H2;1H/t7-;/m1./s1. The van der Waals surface area contributed by atoms with Crippen molar-refractivity contribution in [1.29, 1.82) is 0 Å². The molecule has 0 saturated heterocycles. The van der Waals surface area contributed by atoms with Gasteiger partial charge in [-0.1, -0.05) is 6.07 Å². The van der Waals surface area contributed by atoms with Gasteiger partial charge in [-0.3, -0.25) is 0 Å². The lowest BCUT2D eigenvalue weighted by atomic mass is 10.1. The maximum absolute atomic E-state index is 12.9. The predicted molar refractivity (Wildman–Crippen MR) is 54.3 cm³/mol. The molecule has 0 aliphatic rings. The summed E-state index contributed by atoms with van der Waals surface area (Å²) >= 11 is 2.83. The van der Waals surface area contributed by atoms with Crippen molar-refractivity contribution in [2.24, 2.45) is 5.73 Å². The van der Waals surface area contributed by atoms with Gasteiger partial charge in [0.15, 0.2) is 0 Å². The van der Waals surface area contributed by atoms with Crippen LogP contribution in [0.15, 0.2) is 22.7 Å². The van der Waals surface area contributed by atoms with Gasteiger partial charge >= 0.3 is 6.18 Å². The van der Waals surface area contributed by atoms with E-state index in [4.69, 9.17) is 5.73 Å². The highest BCUT2D eigenvalue weighted by Gasteiger charge is 2.37. The SMILES string of the molecule is Cl.N[C@H](c1ccc(Br)c(F)c1)C(F)(F)F. The molecule has 86 valence electrons. The first-order valence-electron chi connectivity index (χ1n) is 3.59. The Labute approximate surface area is 98.2 Å². The van der Waals surface area contributed by atoms with Crippen molar-refractivity contribution in [3.63, 3.8) is 0 Å². The summed E-state index contributed by atoms with van der Waals surface area (Å²) in [6.07, 6.45) is -4.56. The lowest BCUT2D eigenvalue weighted by molar-refractivity contribution is -0.149. The van der Waals surface area contributed by atoms with Crippen LogP contribution in [-0.4, -0.2) is 6.18 Å². The fourth-order valence-corrected chi connectivity index (χ4v) is 1.14. The summed E-state index contributed by atoms with van der Waals surface area (Å²) < 4.78 is 49.3. The van der Waals surface area contributed by atoms with Crippen LogP contribution in [0.3, 0.4) is 0 Å². The van der Waals surface area contributed by atoms with Gasteiger partial charge in [-0.05, 0) is 33.6 Å². The van der Waals surface area contributed by atoms with Gasteiger partial charge in [-0.2, -0.15) is 13.2 Å².